The Kier molecular flexibility index (Phi) is 2.96. The average molecular weight is 230 g/mol. The van der Waals surface area contributed by atoms with Crippen molar-refractivity contribution >= 4 is 11.4 Å². The number of rotatable bonds is 1. The van der Waals surface area contributed by atoms with Crippen LogP contribution in [-0.2, 0) is 6.42 Å². The van der Waals surface area contributed by atoms with E-state index in [1.54, 1.807) is 0 Å². The van der Waals surface area contributed by atoms with Crippen molar-refractivity contribution in [3.63, 3.8) is 0 Å². The highest BCUT2D eigenvalue weighted by molar-refractivity contribution is 5.63. The predicted octanol–water partition coefficient (Wildman–Crippen LogP) is 3.42. The first kappa shape index (κ1) is 10.9. The molecular weight excluding hydrogens is 208 g/mol. The summed E-state index contributed by atoms with van der Waals surface area (Å²) in [4.78, 5) is 2.57. The van der Waals surface area contributed by atoms with E-state index < -0.39 is 0 Å². The minimum Gasteiger partial charge on any atom is -0.385 e. The lowest BCUT2D eigenvalue weighted by atomic mass is 9.99. The summed E-state index contributed by atoms with van der Waals surface area (Å²) in [5.74, 6) is 0. The molecule has 0 spiro atoms. The van der Waals surface area contributed by atoms with Crippen LogP contribution >= 0.6 is 0 Å². The van der Waals surface area contributed by atoms with E-state index in [-0.39, 0.29) is 0 Å². The van der Waals surface area contributed by atoms with Crippen molar-refractivity contribution in [1.29, 1.82) is 0 Å². The van der Waals surface area contributed by atoms with Crippen molar-refractivity contribution in [2.75, 3.05) is 23.3 Å². The number of fused-ring (bicyclic) bond motifs is 1. The number of nitrogens with zero attached hydrogens (tertiary/aromatic N) is 1. The molecule has 1 saturated heterocycles. The maximum atomic E-state index is 3.53. The quantitative estimate of drug-likeness (QED) is 0.795. The van der Waals surface area contributed by atoms with Gasteiger partial charge in [0.05, 0.1) is 0 Å². The molecule has 2 heterocycles. The van der Waals surface area contributed by atoms with Crippen LogP contribution in [0.5, 0.6) is 0 Å². The van der Waals surface area contributed by atoms with E-state index in [0.29, 0.717) is 6.04 Å². The van der Waals surface area contributed by atoms with Gasteiger partial charge in [0, 0.05) is 30.5 Å². The van der Waals surface area contributed by atoms with Gasteiger partial charge in [0.15, 0.2) is 0 Å². The summed E-state index contributed by atoms with van der Waals surface area (Å²) in [7, 11) is 0. The second-order valence-electron chi connectivity index (χ2n) is 5.41. The molecule has 1 aromatic carbocycles. The molecule has 2 aliphatic rings. The molecule has 2 nitrogen and oxygen atoms in total. The lowest BCUT2D eigenvalue weighted by Gasteiger charge is -2.36. The molecule has 0 saturated carbocycles. The molecule has 2 heteroatoms. The van der Waals surface area contributed by atoms with Crippen LogP contribution in [0.15, 0.2) is 18.2 Å². The number of aryl methyl sites for hydroxylation is 1. The fraction of sp³-hybridized carbons (Fsp3) is 0.600. The maximum absolute atomic E-state index is 3.53. The Balaban J connectivity index is 1.87. The monoisotopic (exact) mass is 230 g/mol. The molecule has 0 radical (unpaired) electrons. The first-order chi connectivity index (χ1) is 8.34. The largest absolute Gasteiger partial charge is 0.385 e. The van der Waals surface area contributed by atoms with Crippen LogP contribution in [0.2, 0.25) is 0 Å². The van der Waals surface area contributed by atoms with Gasteiger partial charge in [0.1, 0.15) is 0 Å². The summed E-state index contributed by atoms with van der Waals surface area (Å²) in [6, 6.07) is 7.69. The Morgan fingerprint density at radius 1 is 1.24 bits per heavy atom. The number of hydrogen-bond acceptors (Lipinski definition) is 2. The summed E-state index contributed by atoms with van der Waals surface area (Å²) in [6.45, 7) is 4.71. The third-order valence-corrected chi connectivity index (χ3v) is 4.17. The summed E-state index contributed by atoms with van der Waals surface area (Å²) < 4.78 is 0. The third kappa shape index (κ3) is 2.13. The van der Waals surface area contributed by atoms with Gasteiger partial charge in [-0.3, -0.25) is 0 Å². The number of benzene rings is 1. The number of piperidine rings is 1. The van der Waals surface area contributed by atoms with Crippen molar-refractivity contribution < 1.29 is 0 Å². The minimum absolute atomic E-state index is 0.699. The Morgan fingerprint density at radius 2 is 2.18 bits per heavy atom. The van der Waals surface area contributed by atoms with Gasteiger partial charge < -0.3 is 10.2 Å². The smallest absolute Gasteiger partial charge is 0.0393 e. The predicted molar refractivity (Wildman–Crippen MR) is 73.9 cm³/mol. The van der Waals surface area contributed by atoms with E-state index in [2.05, 4.69) is 35.3 Å². The van der Waals surface area contributed by atoms with Crippen LogP contribution < -0.4 is 10.2 Å². The first-order valence-electron chi connectivity index (χ1n) is 6.98. The van der Waals surface area contributed by atoms with Crippen molar-refractivity contribution in [3.05, 3.63) is 23.8 Å². The van der Waals surface area contributed by atoms with Crippen LogP contribution in [0.4, 0.5) is 11.4 Å². The summed E-state index contributed by atoms with van der Waals surface area (Å²) >= 11 is 0. The Morgan fingerprint density at radius 3 is 3.06 bits per heavy atom. The molecule has 1 fully saturated rings. The Hall–Kier alpha value is -1.18. The van der Waals surface area contributed by atoms with E-state index in [1.165, 1.54) is 55.6 Å². The highest BCUT2D eigenvalue weighted by Gasteiger charge is 2.19. The molecule has 0 bridgehead atoms. The lowest BCUT2D eigenvalue weighted by molar-refractivity contribution is 0.485. The molecule has 17 heavy (non-hydrogen) atoms. The van der Waals surface area contributed by atoms with E-state index >= 15 is 0 Å². The summed E-state index contributed by atoms with van der Waals surface area (Å²) in [6.07, 6.45) is 6.57. The number of nitrogens with one attached hydrogen (secondary N) is 1. The maximum Gasteiger partial charge on any atom is 0.0393 e. The fourth-order valence-electron chi connectivity index (χ4n) is 3.11. The molecule has 3 rings (SSSR count). The fourth-order valence-corrected chi connectivity index (χ4v) is 3.11. The molecular formula is C15H22N2. The zero-order valence-corrected chi connectivity index (χ0v) is 10.7. The van der Waals surface area contributed by atoms with E-state index in [1.807, 2.05) is 0 Å². The third-order valence-electron chi connectivity index (χ3n) is 4.17. The molecule has 1 N–H and O–H groups in total. The molecule has 2 aliphatic heterocycles. The van der Waals surface area contributed by atoms with Crippen molar-refractivity contribution in [3.8, 4) is 0 Å². The van der Waals surface area contributed by atoms with Crippen LogP contribution in [0.3, 0.4) is 0 Å². The Bertz CT molecular complexity index is 400. The van der Waals surface area contributed by atoms with E-state index in [9.17, 15) is 0 Å². The summed E-state index contributed by atoms with van der Waals surface area (Å²) in [5, 5.41) is 3.53. The van der Waals surface area contributed by atoms with Gasteiger partial charge in [0.2, 0.25) is 0 Å². The molecule has 1 atom stereocenters. The molecule has 92 valence electrons. The molecule has 0 amide bonds. The van der Waals surface area contributed by atoms with Gasteiger partial charge in [-0.15, -0.1) is 0 Å². The average Bonchev–Trinajstić information content (AvgIpc) is 2.39. The van der Waals surface area contributed by atoms with Gasteiger partial charge in [-0.05, 0) is 56.7 Å². The van der Waals surface area contributed by atoms with Gasteiger partial charge in [0.25, 0.3) is 0 Å². The zero-order valence-electron chi connectivity index (χ0n) is 10.7. The van der Waals surface area contributed by atoms with Gasteiger partial charge in [-0.1, -0.05) is 6.07 Å². The second kappa shape index (κ2) is 4.59. The Labute approximate surface area is 104 Å². The van der Waals surface area contributed by atoms with Crippen LogP contribution in [0.25, 0.3) is 0 Å². The number of anilines is 2. The molecule has 1 unspecified atom stereocenters. The molecule has 1 aromatic rings. The van der Waals surface area contributed by atoms with Crippen molar-refractivity contribution in [2.24, 2.45) is 0 Å². The van der Waals surface area contributed by atoms with Crippen LogP contribution in [0, 0.1) is 0 Å². The van der Waals surface area contributed by atoms with Crippen LogP contribution in [0.1, 0.15) is 38.2 Å². The molecule has 0 aromatic heterocycles. The van der Waals surface area contributed by atoms with E-state index in [4.69, 9.17) is 0 Å². The highest BCUT2D eigenvalue weighted by atomic mass is 15.2. The SMILES string of the molecule is CC1CCCCN1c1ccc2c(c1)NCCC2. The standard InChI is InChI=1S/C15H22N2/c1-12-5-2-3-10-17(12)14-8-7-13-6-4-9-16-15(13)11-14/h7-8,11-12,16H,2-6,9-10H2,1H3. The topological polar surface area (TPSA) is 15.3 Å². The zero-order chi connectivity index (χ0) is 11.7. The van der Waals surface area contributed by atoms with Crippen LogP contribution in [-0.4, -0.2) is 19.1 Å². The summed E-state index contributed by atoms with van der Waals surface area (Å²) in [5.41, 5.74) is 4.27. The first-order valence-corrected chi connectivity index (χ1v) is 6.98. The van der Waals surface area contributed by atoms with Crippen molar-refractivity contribution in [2.45, 2.75) is 45.1 Å². The highest BCUT2D eigenvalue weighted by Crippen LogP contribution is 2.30. The van der Waals surface area contributed by atoms with Gasteiger partial charge >= 0.3 is 0 Å². The van der Waals surface area contributed by atoms with Gasteiger partial charge in [-0.2, -0.15) is 0 Å². The van der Waals surface area contributed by atoms with Crippen molar-refractivity contribution in [1.82, 2.24) is 0 Å². The number of hydrogen-bond donors (Lipinski definition) is 1. The second-order valence-corrected chi connectivity index (χ2v) is 5.41. The van der Waals surface area contributed by atoms with Gasteiger partial charge in [-0.25, -0.2) is 0 Å². The normalized spacial score (nSPS) is 24.1. The minimum atomic E-state index is 0.699. The van der Waals surface area contributed by atoms with E-state index in [0.717, 1.165) is 6.54 Å². The molecule has 0 aliphatic carbocycles. The lowest BCUT2D eigenvalue weighted by Crippen LogP contribution is -2.37.